The van der Waals surface area contributed by atoms with Gasteiger partial charge in [0.25, 0.3) is 5.91 Å². The summed E-state index contributed by atoms with van der Waals surface area (Å²) in [5.74, 6) is -0.127. The normalized spacial score (nSPS) is 10.3. The number of carbonyl (C=O) groups excluding carboxylic acids is 1. The number of nitrogens with one attached hydrogen (secondary N) is 1. The first-order valence-electron chi connectivity index (χ1n) is 5.71. The number of amides is 1. The van der Waals surface area contributed by atoms with E-state index in [1.165, 1.54) is 0 Å². The van der Waals surface area contributed by atoms with E-state index in [1.807, 2.05) is 31.2 Å². The van der Waals surface area contributed by atoms with E-state index in [4.69, 9.17) is 0 Å². The Labute approximate surface area is 128 Å². The smallest absolute Gasteiger partial charge is 0.252 e. The largest absolute Gasteiger partial charge is 0.346 e. The van der Waals surface area contributed by atoms with Gasteiger partial charge in [-0.05, 0) is 52.7 Å². The highest BCUT2D eigenvalue weighted by Gasteiger charge is 2.10. The van der Waals surface area contributed by atoms with E-state index in [1.54, 1.807) is 12.3 Å². The molecule has 1 N–H and O–H groups in total. The lowest BCUT2D eigenvalue weighted by Crippen LogP contribution is -2.24. The third-order valence-corrected chi connectivity index (χ3v) is 3.89. The van der Waals surface area contributed by atoms with Gasteiger partial charge in [0.2, 0.25) is 0 Å². The van der Waals surface area contributed by atoms with E-state index in [9.17, 15) is 4.79 Å². The van der Waals surface area contributed by atoms with Crippen molar-refractivity contribution in [1.82, 2.24) is 10.3 Å². The molecule has 1 aromatic carbocycles. The van der Waals surface area contributed by atoms with Crippen molar-refractivity contribution in [1.29, 1.82) is 0 Å². The SMILES string of the molecule is Cc1cccnc1CNC(=O)c1cc(Br)ccc1Br. The van der Waals surface area contributed by atoms with Crippen molar-refractivity contribution in [2.24, 2.45) is 0 Å². The topological polar surface area (TPSA) is 42.0 Å². The molecule has 0 radical (unpaired) electrons. The van der Waals surface area contributed by atoms with Crippen LogP contribution in [0.1, 0.15) is 21.6 Å². The van der Waals surface area contributed by atoms with Crippen LogP contribution in [0.15, 0.2) is 45.5 Å². The predicted molar refractivity (Wildman–Crippen MR) is 82.0 cm³/mol. The van der Waals surface area contributed by atoms with E-state index >= 15 is 0 Å². The zero-order chi connectivity index (χ0) is 13.8. The van der Waals surface area contributed by atoms with Crippen molar-refractivity contribution in [3.63, 3.8) is 0 Å². The van der Waals surface area contributed by atoms with Gasteiger partial charge in [0, 0.05) is 15.1 Å². The number of hydrogen-bond acceptors (Lipinski definition) is 2. The number of pyridine rings is 1. The van der Waals surface area contributed by atoms with Crippen LogP contribution < -0.4 is 5.32 Å². The lowest BCUT2D eigenvalue weighted by Gasteiger charge is -2.08. The van der Waals surface area contributed by atoms with Crippen LogP contribution >= 0.6 is 31.9 Å². The van der Waals surface area contributed by atoms with Gasteiger partial charge in [-0.3, -0.25) is 9.78 Å². The molecule has 0 aliphatic heterocycles. The first-order chi connectivity index (χ1) is 9.08. The molecule has 0 unspecified atom stereocenters. The summed E-state index contributed by atoms with van der Waals surface area (Å²) in [6.45, 7) is 2.40. The summed E-state index contributed by atoms with van der Waals surface area (Å²) < 4.78 is 1.64. The van der Waals surface area contributed by atoms with Crippen LogP contribution in [-0.2, 0) is 6.54 Å². The second-order valence-corrected chi connectivity index (χ2v) is 5.84. The highest BCUT2D eigenvalue weighted by atomic mass is 79.9. The fraction of sp³-hybridized carbons (Fsp3) is 0.143. The van der Waals surface area contributed by atoms with Crippen molar-refractivity contribution >= 4 is 37.8 Å². The summed E-state index contributed by atoms with van der Waals surface area (Å²) in [5, 5.41) is 2.87. The Balaban J connectivity index is 2.10. The summed E-state index contributed by atoms with van der Waals surface area (Å²) in [5.41, 5.74) is 2.54. The Hall–Kier alpha value is -1.20. The first kappa shape index (κ1) is 14.2. The molecule has 0 aliphatic rings. The van der Waals surface area contributed by atoms with E-state index in [-0.39, 0.29) is 5.91 Å². The van der Waals surface area contributed by atoms with Crippen LogP contribution in [0.3, 0.4) is 0 Å². The Kier molecular flexibility index (Phi) is 4.71. The third-order valence-electron chi connectivity index (χ3n) is 2.71. The molecule has 0 saturated carbocycles. The first-order valence-corrected chi connectivity index (χ1v) is 7.30. The average Bonchev–Trinajstić information content (AvgIpc) is 2.40. The zero-order valence-electron chi connectivity index (χ0n) is 10.3. The molecule has 0 saturated heterocycles. The van der Waals surface area contributed by atoms with Gasteiger partial charge in [-0.25, -0.2) is 0 Å². The second-order valence-electron chi connectivity index (χ2n) is 4.07. The lowest BCUT2D eigenvalue weighted by atomic mass is 10.2. The summed E-state index contributed by atoms with van der Waals surface area (Å²) in [6, 6.07) is 9.36. The van der Waals surface area contributed by atoms with Crippen molar-refractivity contribution in [3.05, 3.63) is 62.3 Å². The number of aromatic nitrogens is 1. The number of nitrogens with zero attached hydrogens (tertiary/aromatic N) is 1. The Bertz CT molecular complexity index is 614. The highest BCUT2D eigenvalue weighted by molar-refractivity contribution is 9.11. The minimum absolute atomic E-state index is 0.127. The Morgan fingerprint density at radius 1 is 1.32 bits per heavy atom. The molecule has 2 aromatic rings. The monoisotopic (exact) mass is 382 g/mol. The van der Waals surface area contributed by atoms with Gasteiger partial charge in [0.15, 0.2) is 0 Å². The third kappa shape index (κ3) is 3.64. The summed E-state index contributed by atoms with van der Waals surface area (Å²) >= 11 is 6.73. The molecule has 1 heterocycles. The van der Waals surface area contributed by atoms with Crippen molar-refractivity contribution in [2.75, 3.05) is 0 Å². The van der Waals surface area contributed by atoms with Gasteiger partial charge in [-0.15, -0.1) is 0 Å². The fourth-order valence-electron chi connectivity index (χ4n) is 1.63. The van der Waals surface area contributed by atoms with E-state index in [0.29, 0.717) is 12.1 Å². The van der Waals surface area contributed by atoms with Gasteiger partial charge >= 0.3 is 0 Å². The fourth-order valence-corrected chi connectivity index (χ4v) is 2.42. The van der Waals surface area contributed by atoms with Gasteiger partial charge in [0.1, 0.15) is 0 Å². The molecule has 0 bridgehead atoms. The molecule has 0 fully saturated rings. The summed E-state index contributed by atoms with van der Waals surface area (Å²) in [4.78, 5) is 16.4. The number of hydrogen-bond donors (Lipinski definition) is 1. The van der Waals surface area contributed by atoms with Crippen molar-refractivity contribution in [2.45, 2.75) is 13.5 Å². The molecule has 0 atom stereocenters. The number of carbonyl (C=O) groups is 1. The molecule has 98 valence electrons. The molecular weight excluding hydrogens is 372 g/mol. The number of rotatable bonds is 3. The van der Waals surface area contributed by atoms with Gasteiger partial charge in [-0.1, -0.05) is 22.0 Å². The van der Waals surface area contributed by atoms with Crippen molar-refractivity contribution in [3.8, 4) is 0 Å². The van der Waals surface area contributed by atoms with Crippen LogP contribution in [0.2, 0.25) is 0 Å². The summed E-state index contributed by atoms with van der Waals surface area (Å²) in [7, 11) is 0. The van der Waals surface area contributed by atoms with Gasteiger partial charge in [0.05, 0.1) is 17.8 Å². The molecule has 2 rings (SSSR count). The molecular formula is C14H12Br2N2O. The van der Waals surface area contributed by atoms with E-state index < -0.39 is 0 Å². The molecule has 1 aromatic heterocycles. The van der Waals surface area contributed by atoms with Crippen molar-refractivity contribution < 1.29 is 4.79 Å². The second kappa shape index (κ2) is 6.30. The van der Waals surface area contributed by atoms with E-state index in [0.717, 1.165) is 20.2 Å². The maximum atomic E-state index is 12.1. The maximum Gasteiger partial charge on any atom is 0.252 e. The predicted octanol–water partition coefficient (Wildman–Crippen LogP) is 3.85. The summed E-state index contributed by atoms with van der Waals surface area (Å²) in [6.07, 6.45) is 1.73. The maximum absolute atomic E-state index is 12.1. The van der Waals surface area contributed by atoms with Crippen LogP contribution in [0, 0.1) is 6.92 Å². The standard InChI is InChI=1S/C14H12Br2N2O/c1-9-3-2-6-17-13(9)8-18-14(19)11-7-10(15)4-5-12(11)16/h2-7H,8H2,1H3,(H,18,19). The van der Waals surface area contributed by atoms with E-state index in [2.05, 4.69) is 42.2 Å². The minimum atomic E-state index is -0.127. The molecule has 0 aliphatic carbocycles. The Morgan fingerprint density at radius 2 is 2.11 bits per heavy atom. The highest BCUT2D eigenvalue weighted by Crippen LogP contribution is 2.21. The number of benzene rings is 1. The molecule has 5 heteroatoms. The van der Waals surface area contributed by atoms with Crippen LogP contribution in [0.25, 0.3) is 0 Å². The quantitative estimate of drug-likeness (QED) is 0.874. The minimum Gasteiger partial charge on any atom is -0.346 e. The molecule has 0 spiro atoms. The average molecular weight is 384 g/mol. The van der Waals surface area contributed by atoms with Crippen LogP contribution in [0.4, 0.5) is 0 Å². The van der Waals surface area contributed by atoms with Gasteiger partial charge < -0.3 is 5.32 Å². The lowest BCUT2D eigenvalue weighted by molar-refractivity contribution is 0.0949. The zero-order valence-corrected chi connectivity index (χ0v) is 13.5. The number of halogens is 2. The molecule has 1 amide bonds. The number of aryl methyl sites for hydroxylation is 1. The molecule has 19 heavy (non-hydrogen) atoms. The van der Waals surface area contributed by atoms with Gasteiger partial charge in [-0.2, -0.15) is 0 Å². The molecule has 3 nitrogen and oxygen atoms in total. The Morgan fingerprint density at radius 3 is 2.84 bits per heavy atom. The van der Waals surface area contributed by atoms with Crippen LogP contribution in [-0.4, -0.2) is 10.9 Å². The van der Waals surface area contributed by atoms with Crippen LogP contribution in [0.5, 0.6) is 0 Å².